The number of hydrogen-bond donors (Lipinski definition) is 1. The Labute approximate surface area is 107 Å². The van der Waals surface area contributed by atoms with Crippen molar-refractivity contribution >= 4 is 41.6 Å². The van der Waals surface area contributed by atoms with Gasteiger partial charge in [-0.05, 0) is 29.9 Å². The van der Waals surface area contributed by atoms with Gasteiger partial charge in [-0.1, -0.05) is 29.3 Å². The summed E-state index contributed by atoms with van der Waals surface area (Å²) in [6.07, 6.45) is 3.10. The van der Waals surface area contributed by atoms with E-state index in [9.17, 15) is 0 Å². The van der Waals surface area contributed by atoms with Crippen LogP contribution in [-0.4, -0.2) is 21.1 Å². The molecule has 0 spiro atoms. The SMILES string of the molecule is S=c1[nH]ncn1/N=C/c1ccc(Cl)c(Cl)c1. The second-order valence-corrected chi connectivity index (χ2v) is 4.13. The second-order valence-electron chi connectivity index (χ2n) is 2.92. The zero-order chi connectivity index (χ0) is 11.5. The topological polar surface area (TPSA) is 46.0 Å². The first-order valence-corrected chi connectivity index (χ1v) is 5.44. The highest BCUT2D eigenvalue weighted by Gasteiger charge is 1.97. The van der Waals surface area contributed by atoms with Crippen LogP contribution in [0.1, 0.15) is 5.56 Å². The van der Waals surface area contributed by atoms with Crippen molar-refractivity contribution in [3.63, 3.8) is 0 Å². The summed E-state index contributed by atoms with van der Waals surface area (Å²) in [5, 5.41) is 11.4. The van der Waals surface area contributed by atoms with Crippen LogP contribution in [0.5, 0.6) is 0 Å². The number of H-pyrrole nitrogens is 1. The number of benzene rings is 1. The zero-order valence-electron chi connectivity index (χ0n) is 7.89. The molecule has 2 aromatic rings. The van der Waals surface area contributed by atoms with Crippen LogP contribution < -0.4 is 0 Å². The number of aromatic amines is 1. The third-order valence-electron chi connectivity index (χ3n) is 1.81. The first-order chi connectivity index (χ1) is 7.66. The highest BCUT2D eigenvalue weighted by atomic mass is 35.5. The largest absolute Gasteiger partial charge is 0.250 e. The normalized spacial score (nSPS) is 11.1. The molecule has 0 atom stereocenters. The summed E-state index contributed by atoms with van der Waals surface area (Å²) in [7, 11) is 0. The van der Waals surface area contributed by atoms with Crippen molar-refractivity contribution in [2.75, 3.05) is 0 Å². The van der Waals surface area contributed by atoms with Crippen LogP contribution in [0, 0.1) is 4.77 Å². The average molecular weight is 273 g/mol. The van der Waals surface area contributed by atoms with E-state index in [2.05, 4.69) is 15.3 Å². The molecule has 0 fully saturated rings. The molecular weight excluding hydrogens is 267 g/mol. The molecular formula is C9H6Cl2N4S. The van der Waals surface area contributed by atoms with Gasteiger partial charge < -0.3 is 0 Å². The minimum atomic E-state index is 0.427. The van der Waals surface area contributed by atoms with Crippen LogP contribution in [0.15, 0.2) is 29.6 Å². The molecule has 0 saturated heterocycles. The van der Waals surface area contributed by atoms with Crippen molar-refractivity contribution in [3.8, 4) is 0 Å². The molecule has 1 aromatic carbocycles. The summed E-state index contributed by atoms with van der Waals surface area (Å²) in [5.74, 6) is 0. The number of hydrogen-bond acceptors (Lipinski definition) is 3. The fourth-order valence-corrected chi connectivity index (χ4v) is 1.50. The standard InChI is InChI=1S/C9H6Cl2N4S/c10-7-2-1-6(3-8(7)11)4-13-15-5-12-14-9(15)16/h1-5H,(H,14,16)/b13-4+. The third kappa shape index (κ3) is 2.49. The Morgan fingerprint density at radius 1 is 1.38 bits per heavy atom. The molecule has 0 unspecified atom stereocenters. The zero-order valence-corrected chi connectivity index (χ0v) is 10.2. The number of nitrogens with one attached hydrogen (secondary N) is 1. The molecule has 7 heteroatoms. The highest BCUT2D eigenvalue weighted by Crippen LogP contribution is 2.21. The van der Waals surface area contributed by atoms with Crippen LogP contribution in [0.3, 0.4) is 0 Å². The predicted octanol–water partition coefficient (Wildman–Crippen LogP) is 3.13. The molecule has 0 amide bonds. The third-order valence-corrected chi connectivity index (χ3v) is 2.83. The molecule has 4 nitrogen and oxygen atoms in total. The molecule has 16 heavy (non-hydrogen) atoms. The number of nitrogens with zero attached hydrogens (tertiary/aromatic N) is 3. The van der Waals surface area contributed by atoms with Gasteiger partial charge in [0.25, 0.3) is 0 Å². The molecule has 1 N–H and O–H groups in total. The van der Waals surface area contributed by atoms with Gasteiger partial charge in [-0.15, -0.1) is 0 Å². The van der Waals surface area contributed by atoms with Crippen molar-refractivity contribution in [2.45, 2.75) is 0 Å². The van der Waals surface area contributed by atoms with E-state index in [0.29, 0.717) is 14.8 Å². The van der Waals surface area contributed by atoms with Crippen molar-refractivity contribution in [2.24, 2.45) is 5.10 Å². The molecule has 0 aliphatic rings. The van der Waals surface area contributed by atoms with Gasteiger partial charge >= 0.3 is 0 Å². The Balaban J connectivity index is 2.27. The van der Waals surface area contributed by atoms with Gasteiger partial charge in [0.1, 0.15) is 6.33 Å². The van der Waals surface area contributed by atoms with Crippen LogP contribution in [-0.2, 0) is 0 Å². The van der Waals surface area contributed by atoms with Crippen molar-refractivity contribution in [1.82, 2.24) is 14.9 Å². The molecule has 1 heterocycles. The molecule has 0 bridgehead atoms. The van der Waals surface area contributed by atoms with E-state index in [1.165, 1.54) is 11.0 Å². The summed E-state index contributed by atoms with van der Waals surface area (Å²) in [6, 6.07) is 5.23. The van der Waals surface area contributed by atoms with Crippen molar-refractivity contribution < 1.29 is 0 Å². The lowest BCUT2D eigenvalue weighted by Crippen LogP contribution is -1.89. The maximum atomic E-state index is 5.87. The lowest BCUT2D eigenvalue weighted by Gasteiger charge is -1.96. The maximum absolute atomic E-state index is 5.87. The number of rotatable bonds is 2. The molecule has 82 valence electrons. The average Bonchev–Trinajstić information content (AvgIpc) is 2.66. The molecule has 0 aliphatic carbocycles. The summed E-state index contributed by atoms with van der Waals surface area (Å²) in [5.41, 5.74) is 0.831. The smallest absolute Gasteiger partial charge is 0.216 e. The maximum Gasteiger partial charge on any atom is 0.216 e. The second kappa shape index (κ2) is 4.78. The van der Waals surface area contributed by atoms with Crippen LogP contribution in [0.4, 0.5) is 0 Å². The minimum absolute atomic E-state index is 0.427. The van der Waals surface area contributed by atoms with Crippen LogP contribution in [0.25, 0.3) is 0 Å². The van der Waals surface area contributed by atoms with Crippen LogP contribution >= 0.6 is 35.4 Å². The Bertz CT molecular complexity index is 587. The number of halogens is 2. The summed E-state index contributed by atoms with van der Waals surface area (Å²) < 4.78 is 1.87. The van der Waals surface area contributed by atoms with E-state index in [4.69, 9.17) is 35.4 Å². The van der Waals surface area contributed by atoms with E-state index >= 15 is 0 Å². The first kappa shape index (κ1) is 11.3. The predicted molar refractivity (Wildman–Crippen MR) is 66.9 cm³/mol. The van der Waals surface area contributed by atoms with Crippen molar-refractivity contribution in [3.05, 3.63) is 44.9 Å². The van der Waals surface area contributed by atoms with Gasteiger partial charge in [0.15, 0.2) is 0 Å². The lowest BCUT2D eigenvalue weighted by atomic mass is 10.2. The monoisotopic (exact) mass is 272 g/mol. The van der Waals surface area contributed by atoms with Gasteiger partial charge in [0, 0.05) is 0 Å². The highest BCUT2D eigenvalue weighted by molar-refractivity contribution is 7.71. The fraction of sp³-hybridized carbons (Fsp3) is 0. The molecule has 2 rings (SSSR count). The molecule has 0 saturated carbocycles. The fourth-order valence-electron chi connectivity index (χ4n) is 1.05. The Hall–Kier alpha value is -1.17. The van der Waals surface area contributed by atoms with E-state index in [1.54, 1.807) is 24.4 Å². The Morgan fingerprint density at radius 2 is 2.19 bits per heavy atom. The summed E-state index contributed by atoms with van der Waals surface area (Å²) in [4.78, 5) is 0. The first-order valence-electron chi connectivity index (χ1n) is 4.28. The summed E-state index contributed by atoms with van der Waals surface area (Å²) >= 11 is 16.6. The lowest BCUT2D eigenvalue weighted by molar-refractivity contribution is 0.863. The van der Waals surface area contributed by atoms with E-state index in [0.717, 1.165) is 5.56 Å². The molecule has 1 aromatic heterocycles. The van der Waals surface area contributed by atoms with Crippen LogP contribution in [0.2, 0.25) is 10.0 Å². The van der Waals surface area contributed by atoms with E-state index in [1.807, 2.05) is 0 Å². The van der Waals surface area contributed by atoms with Crippen molar-refractivity contribution in [1.29, 1.82) is 0 Å². The van der Waals surface area contributed by atoms with E-state index in [-0.39, 0.29) is 0 Å². The quantitative estimate of drug-likeness (QED) is 0.675. The molecule has 0 radical (unpaired) electrons. The van der Waals surface area contributed by atoms with Gasteiger partial charge in [-0.25, -0.2) is 0 Å². The Kier molecular flexibility index (Phi) is 3.38. The number of aromatic nitrogens is 3. The molecule has 0 aliphatic heterocycles. The van der Waals surface area contributed by atoms with Gasteiger partial charge in [0.05, 0.1) is 16.3 Å². The Morgan fingerprint density at radius 3 is 2.81 bits per heavy atom. The van der Waals surface area contributed by atoms with E-state index < -0.39 is 0 Å². The van der Waals surface area contributed by atoms with Gasteiger partial charge in [-0.2, -0.15) is 14.9 Å². The minimum Gasteiger partial charge on any atom is -0.250 e. The van der Waals surface area contributed by atoms with Gasteiger partial charge in [-0.3, -0.25) is 5.10 Å². The summed E-state index contributed by atoms with van der Waals surface area (Å²) in [6.45, 7) is 0. The van der Waals surface area contributed by atoms with Gasteiger partial charge in [0.2, 0.25) is 4.77 Å².